The molecule has 5 aliphatic rings. The Morgan fingerprint density at radius 1 is 0.939 bits per heavy atom. The monoisotopic (exact) mass is 442 g/mol. The number of hydrogen-bond donors (Lipinski definition) is 2. The number of likely N-dealkylation sites (N-methyl/N-ethyl adjacent to an activating group) is 1. The van der Waals surface area contributed by atoms with E-state index in [0.29, 0.717) is 5.71 Å². The van der Waals surface area contributed by atoms with Crippen LogP contribution in [0.3, 0.4) is 0 Å². The van der Waals surface area contributed by atoms with E-state index < -0.39 is 6.17 Å². The highest BCUT2D eigenvalue weighted by molar-refractivity contribution is 6.20. The number of hydrogen-bond acceptors (Lipinski definition) is 3. The summed E-state index contributed by atoms with van der Waals surface area (Å²) in [5.41, 5.74) is 3.18. The molecule has 1 heterocycles. The molecule has 3 amide bonds. The van der Waals surface area contributed by atoms with Crippen molar-refractivity contribution in [2.24, 2.45) is 22.7 Å². The summed E-state index contributed by atoms with van der Waals surface area (Å²) in [4.78, 5) is 33.0. The van der Waals surface area contributed by atoms with Crippen LogP contribution in [0.4, 0.5) is 10.5 Å². The second-order valence-electron chi connectivity index (χ2n) is 10.5. The van der Waals surface area contributed by atoms with Crippen molar-refractivity contribution in [1.82, 2.24) is 10.6 Å². The van der Waals surface area contributed by atoms with Gasteiger partial charge in [-0.15, -0.1) is 0 Å². The van der Waals surface area contributed by atoms with Crippen LogP contribution in [0.15, 0.2) is 59.6 Å². The van der Waals surface area contributed by atoms with Gasteiger partial charge in [-0.2, -0.15) is 0 Å². The van der Waals surface area contributed by atoms with E-state index in [9.17, 15) is 9.59 Å². The minimum atomic E-state index is -0.980. The maximum Gasteiger partial charge on any atom is 0.317 e. The lowest BCUT2D eigenvalue weighted by molar-refractivity contribution is -0.119. The summed E-state index contributed by atoms with van der Waals surface area (Å²) >= 11 is 0. The standard InChI is InChI=1S/C27H30N4O2/c1-31-22-10-6-5-9-21(22)23(20-7-3-2-4-8-20)28-24(25(31)32)29-26(33)30-27-14-17-11-18(15-27)13-19(12-17)16-27/h2-10,17-19,24H,11-16H2,1H3,(H2,29,30,33). The third-order valence-corrected chi connectivity index (χ3v) is 8.08. The maximum atomic E-state index is 13.4. The van der Waals surface area contributed by atoms with E-state index in [1.54, 1.807) is 11.9 Å². The van der Waals surface area contributed by atoms with Crippen LogP contribution in [0.25, 0.3) is 0 Å². The van der Waals surface area contributed by atoms with Gasteiger partial charge in [0.15, 0.2) is 0 Å². The van der Waals surface area contributed by atoms with E-state index in [4.69, 9.17) is 4.99 Å². The summed E-state index contributed by atoms with van der Waals surface area (Å²) in [6, 6.07) is 17.3. The predicted molar refractivity (Wildman–Crippen MR) is 128 cm³/mol. The molecule has 7 rings (SSSR count). The van der Waals surface area contributed by atoms with Crippen LogP contribution in [0, 0.1) is 17.8 Å². The van der Waals surface area contributed by atoms with Crippen molar-refractivity contribution in [2.45, 2.75) is 50.2 Å². The fourth-order valence-electron chi connectivity index (χ4n) is 7.11. The minimum Gasteiger partial charge on any atom is -0.333 e. The summed E-state index contributed by atoms with van der Waals surface area (Å²) in [6.07, 6.45) is 6.16. The largest absolute Gasteiger partial charge is 0.333 e. The Balaban J connectivity index is 1.29. The van der Waals surface area contributed by atoms with Crippen LogP contribution < -0.4 is 15.5 Å². The molecule has 1 aliphatic heterocycles. The molecule has 4 aliphatic carbocycles. The Bertz CT molecular complexity index is 1090. The molecule has 1 atom stereocenters. The molecule has 33 heavy (non-hydrogen) atoms. The highest BCUT2D eigenvalue weighted by atomic mass is 16.2. The number of amides is 3. The normalized spacial score (nSPS) is 32.1. The Morgan fingerprint density at radius 2 is 1.55 bits per heavy atom. The molecule has 2 N–H and O–H groups in total. The van der Waals surface area contributed by atoms with Gasteiger partial charge in [0.2, 0.25) is 6.17 Å². The third kappa shape index (κ3) is 3.62. The number of benzodiazepines with no additional fused rings is 1. The van der Waals surface area contributed by atoms with Gasteiger partial charge in [0.25, 0.3) is 5.91 Å². The van der Waals surface area contributed by atoms with E-state index in [0.717, 1.165) is 53.8 Å². The van der Waals surface area contributed by atoms with Crippen molar-refractivity contribution in [3.8, 4) is 0 Å². The lowest BCUT2D eigenvalue weighted by Gasteiger charge is -2.56. The Kier molecular flexibility index (Phi) is 4.78. The number of anilines is 1. The Morgan fingerprint density at radius 3 is 2.21 bits per heavy atom. The molecule has 0 radical (unpaired) electrons. The second-order valence-corrected chi connectivity index (χ2v) is 10.5. The number of nitrogens with one attached hydrogen (secondary N) is 2. The smallest absolute Gasteiger partial charge is 0.317 e. The number of rotatable bonds is 3. The molecule has 4 bridgehead atoms. The van der Waals surface area contributed by atoms with Gasteiger partial charge in [-0.1, -0.05) is 48.5 Å². The second kappa shape index (κ2) is 7.72. The van der Waals surface area contributed by atoms with Gasteiger partial charge in [0, 0.05) is 23.7 Å². The summed E-state index contributed by atoms with van der Waals surface area (Å²) in [6.45, 7) is 0. The van der Waals surface area contributed by atoms with Crippen LogP contribution in [0.1, 0.15) is 49.7 Å². The highest BCUT2D eigenvalue weighted by Crippen LogP contribution is 2.55. The fourth-order valence-corrected chi connectivity index (χ4v) is 7.11. The van der Waals surface area contributed by atoms with Gasteiger partial charge in [-0.05, 0) is 62.3 Å². The van der Waals surface area contributed by atoms with Crippen LogP contribution in [-0.4, -0.2) is 36.4 Å². The van der Waals surface area contributed by atoms with E-state index in [2.05, 4.69) is 10.6 Å². The first-order valence-electron chi connectivity index (χ1n) is 12.1. The number of benzene rings is 2. The maximum absolute atomic E-state index is 13.4. The predicted octanol–water partition coefficient (Wildman–Crippen LogP) is 4.09. The van der Waals surface area contributed by atoms with Gasteiger partial charge in [-0.3, -0.25) is 4.79 Å². The van der Waals surface area contributed by atoms with Crippen molar-refractivity contribution < 1.29 is 9.59 Å². The number of para-hydroxylation sites is 1. The zero-order valence-electron chi connectivity index (χ0n) is 19.0. The Labute approximate surface area is 194 Å². The molecule has 0 aromatic heterocycles. The zero-order valence-corrected chi connectivity index (χ0v) is 19.0. The molecule has 0 saturated heterocycles. The van der Waals surface area contributed by atoms with Crippen molar-refractivity contribution in [2.75, 3.05) is 11.9 Å². The number of fused-ring (bicyclic) bond motifs is 1. The SMILES string of the molecule is CN1C(=O)C(NC(=O)NC23CC4CC(CC(C4)C2)C3)N=C(c2ccccc2)c2ccccc21. The number of urea groups is 1. The van der Waals surface area contributed by atoms with Crippen LogP contribution in [0.2, 0.25) is 0 Å². The molecule has 4 saturated carbocycles. The lowest BCUT2D eigenvalue weighted by atomic mass is 9.53. The van der Waals surface area contributed by atoms with Crippen LogP contribution >= 0.6 is 0 Å². The highest BCUT2D eigenvalue weighted by Gasteiger charge is 2.51. The fraction of sp³-hybridized carbons (Fsp3) is 0.444. The third-order valence-electron chi connectivity index (χ3n) is 8.08. The van der Waals surface area contributed by atoms with Gasteiger partial charge in [0.05, 0.1) is 11.4 Å². The molecule has 170 valence electrons. The first-order chi connectivity index (χ1) is 16.0. The van der Waals surface area contributed by atoms with Crippen LogP contribution in [0.5, 0.6) is 0 Å². The molecule has 4 fully saturated rings. The quantitative estimate of drug-likeness (QED) is 0.751. The summed E-state index contributed by atoms with van der Waals surface area (Å²) in [5, 5.41) is 6.23. The van der Waals surface area contributed by atoms with E-state index in [1.807, 2.05) is 54.6 Å². The van der Waals surface area contributed by atoms with Gasteiger partial charge >= 0.3 is 6.03 Å². The van der Waals surface area contributed by atoms with E-state index in [1.165, 1.54) is 19.3 Å². The lowest BCUT2D eigenvalue weighted by Crippen LogP contribution is -2.62. The molecule has 2 aromatic rings. The van der Waals surface area contributed by atoms with E-state index in [-0.39, 0.29) is 17.5 Å². The molecule has 1 unspecified atom stereocenters. The molecule has 6 nitrogen and oxygen atoms in total. The number of carbonyl (C=O) groups is 2. The number of aliphatic imine (C=N–C) groups is 1. The summed E-state index contributed by atoms with van der Waals surface area (Å²) in [7, 11) is 1.75. The summed E-state index contributed by atoms with van der Waals surface area (Å²) in [5.74, 6) is 1.97. The van der Waals surface area contributed by atoms with Gasteiger partial charge < -0.3 is 15.5 Å². The first-order valence-corrected chi connectivity index (χ1v) is 12.1. The molecular formula is C27H30N4O2. The van der Waals surface area contributed by atoms with Crippen molar-refractivity contribution in [1.29, 1.82) is 0 Å². The minimum absolute atomic E-state index is 0.118. The number of nitrogens with zero attached hydrogens (tertiary/aromatic N) is 2. The molecule has 0 spiro atoms. The van der Waals surface area contributed by atoms with Crippen LogP contribution in [-0.2, 0) is 4.79 Å². The van der Waals surface area contributed by atoms with E-state index >= 15 is 0 Å². The molecule has 6 heteroatoms. The molecular weight excluding hydrogens is 412 g/mol. The zero-order chi connectivity index (χ0) is 22.6. The van der Waals surface area contributed by atoms with Crippen molar-refractivity contribution in [3.05, 3.63) is 65.7 Å². The first kappa shape index (κ1) is 20.5. The van der Waals surface area contributed by atoms with Gasteiger partial charge in [-0.25, -0.2) is 9.79 Å². The van der Waals surface area contributed by atoms with Crippen molar-refractivity contribution >= 4 is 23.3 Å². The van der Waals surface area contributed by atoms with Crippen molar-refractivity contribution in [3.63, 3.8) is 0 Å². The Hall–Kier alpha value is -3.15. The molecule has 2 aromatic carbocycles. The average Bonchev–Trinajstić information content (AvgIpc) is 2.89. The number of carbonyl (C=O) groups excluding carboxylic acids is 2. The topological polar surface area (TPSA) is 73.8 Å². The average molecular weight is 443 g/mol. The van der Waals surface area contributed by atoms with Gasteiger partial charge in [0.1, 0.15) is 0 Å². The summed E-state index contributed by atoms with van der Waals surface area (Å²) < 4.78 is 0.